The molecule has 4 N–H and O–H groups in total. The number of hydrogen-bond donors (Lipinski definition) is 3. The average Bonchev–Trinajstić information content (AvgIpc) is 3.24. The summed E-state index contributed by atoms with van der Waals surface area (Å²) in [7, 11) is 0. The summed E-state index contributed by atoms with van der Waals surface area (Å²) in [6.45, 7) is 5.91. The molecule has 1 aromatic carbocycles. The number of carbonyl (C=O) groups excluding carboxylic acids is 1. The Labute approximate surface area is 205 Å². The van der Waals surface area contributed by atoms with Gasteiger partial charge in [0.05, 0.1) is 21.8 Å². The van der Waals surface area contributed by atoms with Gasteiger partial charge in [0.15, 0.2) is 0 Å². The fourth-order valence-electron chi connectivity index (χ4n) is 5.75. The van der Waals surface area contributed by atoms with E-state index in [4.69, 9.17) is 17.3 Å². The lowest BCUT2D eigenvalue weighted by Gasteiger charge is -2.49. The van der Waals surface area contributed by atoms with E-state index in [0.29, 0.717) is 29.0 Å². The van der Waals surface area contributed by atoms with Crippen LogP contribution in [-0.2, 0) is 0 Å². The number of aromatic nitrogens is 2. The van der Waals surface area contributed by atoms with E-state index >= 15 is 0 Å². The first-order valence-electron chi connectivity index (χ1n) is 12.3. The van der Waals surface area contributed by atoms with E-state index < -0.39 is 0 Å². The van der Waals surface area contributed by atoms with Crippen molar-refractivity contribution in [2.24, 2.45) is 0 Å². The second-order valence-corrected chi connectivity index (χ2v) is 10.1. The normalized spacial score (nSPS) is 20.9. The van der Waals surface area contributed by atoms with E-state index in [1.807, 2.05) is 41.1 Å². The number of nitrogens with zero attached hydrogens (tertiary/aromatic N) is 3. The third-order valence-electron chi connectivity index (χ3n) is 7.50. The van der Waals surface area contributed by atoms with Gasteiger partial charge in [-0.05, 0) is 44.0 Å². The van der Waals surface area contributed by atoms with E-state index in [-0.39, 0.29) is 11.4 Å². The van der Waals surface area contributed by atoms with E-state index in [1.54, 1.807) is 6.20 Å². The molecule has 1 aliphatic carbocycles. The molecule has 1 saturated carbocycles. The smallest absolute Gasteiger partial charge is 0.253 e. The Balaban J connectivity index is 1.46. The first kappa shape index (κ1) is 23.1. The molecule has 2 aliphatic rings. The standard InChI is InChI=1S/C26H33ClN6O/c1-18-15-32(14-13-29-18)26(10-3-2-4-11-26)17-31-25(34)19-16-33(22-9-6-12-30-24(22)28)21-8-5-7-20(27)23(19)21/h5-9,12,16,18,29H,2-4,10-11,13-15,17H2,1H3,(H2,28,30)(H,31,34)/t18-/m0/s1. The Kier molecular flexibility index (Phi) is 6.51. The molecule has 0 bridgehead atoms. The highest BCUT2D eigenvalue weighted by atomic mass is 35.5. The lowest BCUT2D eigenvalue weighted by atomic mass is 9.79. The molecule has 1 saturated heterocycles. The van der Waals surface area contributed by atoms with Gasteiger partial charge in [-0.3, -0.25) is 9.69 Å². The minimum Gasteiger partial charge on any atom is -0.382 e. The number of nitrogen functional groups attached to an aromatic ring is 1. The van der Waals surface area contributed by atoms with Gasteiger partial charge >= 0.3 is 0 Å². The fourth-order valence-corrected chi connectivity index (χ4v) is 6.02. The van der Waals surface area contributed by atoms with Gasteiger partial charge in [-0.25, -0.2) is 4.98 Å². The maximum absolute atomic E-state index is 13.6. The van der Waals surface area contributed by atoms with Crippen LogP contribution >= 0.6 is 11.6 Å². The Morgan fingerprint density at radius 1 is 1.26 bits per heavy atom. The Morgan fingerprint density at radius 2 is 2.09 bits per heavy atom. The second-order valence-electron chi connectivity index (χ2n) is 9.72. The summed E-state index contributed by atoms with van der Waals surface area (Å²) in [5, 5.41) is 8.13. The number of piperazine rings is 1. The second kappa shape index (κ2) is 9.56. The van der Waals surface area contributed by atoms with Crippen LogP contribution in [0.5, 0.6) is 0 Å². The van der Waals surface area contributed by atoms with Crippen LogP contribution in [0.1, 0.15) is 49.4 Å². The quantitative estimate of drug-likeness (QED) is 0.514. The predicted octanol–water partition coefficient (Wildman–Crippen LogP) is 3.99. The van der Waals surface area contributed by atoms with Crippen molar-refractivity contribution in [1.29, 1.82) is 0 Å². The highest BCUT2D eigenvalue weighted by Gasteiger charge is 2.39. The van der Waals surface area contributed by atoms with Crippen LogP contribution in [0.4, 0.5) is 5.82 Å². The molecule has 3 heterocycles. The van der Waals surface area contributed by atoms with Crippen molar-refractivity contribution in [2.45, 2.75) is 50.6 Å². The summed E-state index contributed by atoms with van der Waals surface area (Å²) in [6.07, 6.45) is 9.42. The zero-order chi connectivity index (χ0) is 23.7. The highest BCUT2D eigenvalue weighted by Crippen LogP contribution is 2.35. The molecule has 180 valence electrons. The molecule has 1 aliphatic heterocycles. The average molecular weight is 481 g/mol. The molecule has 1 atom stereocenters. The van der Waals surface area contributed by atoms with Crippen molar-refractivity contribution in [1.82, 2.24) is 25.1 Å². The molecule has 5 rings (SSSR count). The number of hydrogen-bond acceptors (Lipinski definition) is 5. The van der Waals surface area contributed by atoms with Crippen LogP contribution in [-0.4, -0.2) is 58.1 Å². The van der Waals surface area contributed by atoms with Crippen LogP contribution < -0.4 is 16.4 Å². The molecular weight excluding hydrogens is 448 g/mol. The summed E-state index contributed by atoms with van der Waals surface area (Å²) in [5.74, 6) is 0.299. The van der Waals surface area contributed by atoms with Gasteiger partial charge in [0.2, 0.25) is 0 Å². The number of fused-ring (bicyclic) bond motifs is 1. The maximum Gasteiger partial charge on any atom is 0.253 e. The van der Waals surface area contributed by atoms with Crippen molar-refractivity contribution < 1.29 is 4.79 Å². The van der Waals surface area contributed by atoms with Crippen molar-refractivity contribution in [3.63, 3.8) is 0 Å². The van der Waals surface area contributed by atoms with Gasteiger partial charge in [0.1, 0.15) is 5.82 Å². The summed E-state index contributed by atoms with van der Waals surface area (Å²) in [4.78, 5) is 20.4. The highest BCUT2D eigenvalue weighted by molar-refractivity contribution is 6.37. The minimum absolute atomic E-state index is 0.0141. The number of nitrogens with one attached hydrogen (secondary N) is 2. The predicted molar refractivity (Wildman–Crippen MR) is 138 cm³/mol. The summed E-state index contributed by atoms with van der Waals surface area (Å²) >= 11 is 6.61. The van der Waals surface area contributed by atoms with E-state index in [2.05, 4.69) is 27.4 Å². The van der Waals surface area contributed by atoms with Crippen molar-refractivity contribution in [2.75, 3.05) is 31.9 Å². The van der Waals surface area contributed by atoms with Crippen LogP contribution in [0, 0.1) is 0 Å². The molecule has 0 unspecified atom stereocenters. The van der Waals surface area contributed by atoms with E-state index in [0.717, 1.165) is 49.1 Å². The number of amides is 1. The van der Waals surface area contributed by atoms with Gasteiger partial charge < -0.3 is 20.9 Å². The number of halogens is 1. The van der Waals surface area contributed by atoms with Crippen LogP contribution in [0.25, 0.3) is 16.6 Å². The lowest BCUT2D eigenvalue weighted by Crippen LogP contribution is -2.63. The van der Waals surface area contributed by atoms with E-state index in [1.165, 1.54) is 19.3 Å². The third kappa shape index (κ3) is 4.28. The summed E-state index contributed by atoms with van der Waals surface area (Å²) < 4.78 is 1.91. The number of nitrogens with two attached hydrogens (primary N) is 1. The zero-order valence-corrected chi connectivity index (χ0v) is 20.4. The van der Waals surface area contributed by atoms with Gasteiger partial charge in [0.25, 0.3) is 5.91 Å². The molecular formula is C26H33ClN6O. The molecule has 3 aromatic rings. The molecule has 0 spiro atoms. The third-order valence-corrected chi connectivity index (χ3v) is 7.82. The van der Waals surface area contributed by atoms with E-state index in [9.17, 15) is 4.79 Å². The van der Waals surface area contributed by atoms with Crippen LogP contribution in [0.2, 0.25) is 5.02 Å². The Hall–Kier alpha value is -2.61. The van der Waals surface area contributed by atoms with Crippen molar-refractivity contribution in [3.05, 3.63) is 53.3 Å². The molecule has 0 radical (unpaired) electrons. The zero-order valence-electron chi connectivity index (χ0n) is 19.7. The fraction of sp³-hybridized carbons (Fsp3) is 0.462. The number of anilines is 1. The van der Waals surface area contributed by atoms with Crippen molar-refractivity contribution >= 4 is 34.2 Å². The first-order valence-corrected chi connectivity index (χ1v) is 12.6. The molecule has 2 aromatic heterocycles. The van der Waals surface area contributed by atoms with Gasteiger partial charge in [-0.1, -0.05) is 36.9 Å². The van der Waals surface area contributed by atoms with Crippen LogP contribution in [0.3, 0.4) is 0 Å². The SMILES string of the molecule is C[C@H]1CN(C2(CNC(=O)c3cn(-c4cccnc4N)c4cccc(Cl)c34)CCCCC2)CCN1. The number of carbonyl (C=O) groups is 1. The van der Waals surface area contributed by atoms with Gasteiger partial charge in [-0.15, -0.1) is 0 Å². The largest absolute Gasteiger partial charge is 0.382 e. The summed E-state index contributed by atoms with van der Waals surface area (Å²) in [5.41, 5.74) is 8.29. The number of pyridine rings is 1. The molecule has 34 heavy (non-hydrogen) atoms. The summed E-state index contributed by atoms with van der Waals surface area (Å²) in [6, 6.07) is 9.86. The molecule has 8 heteroatoms. The number of rotatable bonds is 5. The molecule has 7 nitrogen and oxygen atoms in total. The molecule has 1 amide bonds. The number of benzene rings is 1. The van der Waals surface area contributed by atoms with Crippen molar-refractivity contribution in [3.8, 4) is 5.69 Å². The first-order chi connectivity index (χ1) is 16.5. The molecule has 2 fully saturated rings. The Bertz CT molecular complexity index is 1190. The van der Waals surface area contributed by atoms with Gasteiger partial charge in [0, 0.05) is 55.5 Å². The maximum atomic E-state index is 13.6. The Morgan fingerprint density at radius 3 is 2.85 bits per heavy atom. The monoisotopic (exact) mass is 480 g/mol. The topological polar surface area (TPSA) is 88.2 Å². The van der Waals surface area contributed by atoms with Crippen LogP contribution in [0.15, 0.2) is 42.7 Å². The lowest BCUT2D eigenvalue weighted by molar-refractivity contribution is 0.0273. The van der Waals surface area contributed by atoms with Gasteiger partial charge in [-0.2, -0.15) is 0 Å². The minimum atomic E-state index is -0.104.